The summed E-state index contributed by atoms with van der Waals surface area (Å²) in [5.41, 5.74) is 0.176. The summed E-state index contributed by atoms with van der Waals surface area (Å²) in [6, 6.07) is 7.03. The molecule has 0 bridgehead atoms. The third-order valence-corrected chi connectivity index (χ3v) is 5.34. The highest BCUT2D eigenvalue weighted by atomic mass is 16.2. The molecule has 0 radical (unpaired) electrons. The van der Waals surface area contributed by atoms with Gasteiger partial charge in [0, 0.05) is 17.3 Å². The van der Waals surface area contributed by atoms with Gasteiger partial charge in [-0.25, -0.2) is 0 Å². The van der Waals surface area contributed by atoms with Gasteiger partial charge in [0.1, 0.15) is 5.41 Å². The molecular weight excluding hydrogens is 316 g/mol. The van der Waals surface area contributed by atoms with E-state index in [0.29, 0.717) is 24.1 Å². The Morgan fingerprint density at radius 2 is 1.68 bits per heavy atom. The summed E-state index contributed by atoms with van der Waals surface area (Å²) in [5, 5.41) is 5.92. The molecule has 0 spiro atoms. The van der Waals surface area contributed by atoms with Gasteiger partial charge in [-0.3, -0.25) is 14.4 Å². The van der Waals surface area contributed by atoms with Crippen molar-refractivity contribution >= 4 is 23.3 Å². The summed E-state index contributed by atoms with van der Waals surface area (Å²) in [7, 11) is 0. The maximum absolute atomic E-state index is 12.7. The van der Waals surface area contributed by atoms with E-state index in [1.54, 1.807) is 24.3 Å². The number of benzene rings is 1. The molecule has 2 N–H and O–H groups in total. The summed E-state index contributed by atoms with van der Waals surface area (Å²) < 4.78 is 0. The van der Waals surface area contributed by atoms with Crippen molar-refractivity contribution in [1.82, 2.24) is 5.32 Å². The van der Waals surface area contributed by atoms with Gasteiger partial charge in [0.15, 0.2) is 5.78 Å². The maximum Gasteiger partial charge on any atom is 0.240 e. The maximum atomic E-state index is 12.7. The number of ketones is 1. The Balaban J connectivity index is 1.63. The number of Topliss-reactive ketones (excluding diaryl/α,β-unsaturated/α-hetero) is 1. The topological polar surface area (TPSA) is 75.3 Å². The predicted octanol–water partition coefficient (Wildman–Crippen LogP) is 3.45. The van der Waals surface area contributed by atoms with Crippen molar-refractivity contribution in [3.8, 4) is 0 Å². The first-order chi connectivity index (χ1) is 12.0. The molecular formula is C20H26N2O3. The molecule has 2 amide bonds. The molecule has 2 fully saturated rings. The van der Waals surface area contributed by atoms with E-state index in [2.05, 4.69) is 10.6 Å². The Morgan fingerprint density at radius 1 is 1.00 bits per heavy atom. The van der Waals surface area contributed by atoms with Gasteiger partial charge in [0.05, 0.1) is 0 Å². The molecule has 5 nitrogen and oxygen atoms in total. The predicted molar refractivity (Wildman–Crippen MR) is 96.4 cm³/mol. The van der Waals surface area contributed by atoms with E-state index in [-0.39, 0.29) is 23.6 Å². The number of nitrogens with one attached hydrogen (secondary N) is 2. The second-order valence-electron chi connectivity index (χ2n) is 7.34. The van der Waals surface area contributed by atoms with E-state index in [1.807, 2.05) is 0 Å². The van der Waals surface area contributed by atoms with Gasteiger partial charge in [-0.15, -0.1) is 0 Å². The summed E-state index contributed by atoms with van der Waals surface area (Å²) in [4.78, 5) is 36.8. The van der Waals surface area contributed by atoms with Gasteiger partial charge in [-0.2, -0.15) is 0 Å². The van der Waals surface area contributed by atoms with E-state index in [9.17, 15) is 14.4 Å². The SMILES string of the molecule is CC(=O)c1cccc(NC(=O)C2(C(=O)NC3CCCCCC3)CC2)c1. The van der Waals surface area contributed by atoms with Crippen molar-refractivity contribution in [2.75, 3.05) is 5.32 Å². The summed E-state index contributed by atoms with van der Waals surface area (Å²) in [5.74, 6) is -0.456. The lowest BCUT2D eigenvalue weighted by Gasteiger charge is -2.21. The molecule has 2 aliphatic rings. The Kier molecular flexibility index (Phi) is 5.21. The monoisotopic (exact) mass is 342 g/mol. The molecule has 0 saturated heterocycles. The minimum atomic E-state index is -0.932. The molecule has 0 heterocycles. The zero-order chi connectivity index (χ0) is 17.9. The van der Waals surface area contributed by atoms with Gasteiger partial charge in [0.2, 0.25) is 11.8 Å². The first-order valence-electron chi connectivity index (χ1n) is 9.25. The normalized spacial score (nSPS) is 19.6. The van der Waals surface area contributed by atoms with E-state index >= 15 is 0 Å². The van der Waals surface area contributed by atoms with Crippen molar-refractivity contribution < 1.29 is 14.4 Å². The number of carbonyl (C=O) groups is 3. The Morgan fingerprint density at radius 3 is 2.28 bits per heavy atom. The zero-order valence-electron chi connectivity index (χ0n) is 14.8. The van der Waals surface area contributed by atoms with Crippen LogP contribution in [-0.4, -0.2) is 23.6 Å². The van der Waals surface area contributed by atoms with Crippen molar-refractivity contribution in [3.05, 3.63) is 29.8 Å². The van der Waals surface area contributed by atoms with Crippen molar-refractivity contribution in [2.24, 2.45) is 5.41 Å². The molecule has 0 unspecified atom stereocenters. The third kappa shape index (κ3) is 4.09. The fourth-order valence-electron chi connectivity index (χ4n) is 3.50. The lowest BCUT2D eigenvalue weighted by molar-refractivity contribution is -0.134. The van der Waals surface area contributed by atoms with Crippen LogP contribution in [0.3, 0.4) is 0 Å². The molecule has 0 aromatic heterocycles. The van der Waals surface area contributed by atoms with Crippen LogP contribution in [0.25, 0.3) is 0 Å². The van der Waals surface area contributed by atoms with Crippen LogP contribution in [-0.2, 0) is 9.59 Å². The fourth-order valence-corrected chi connectivity index (χ4v) is 3.50. The van der Waals surface area contributed by atoms with Gasteiger partial charge in [-0.1, -0.05) is 37.8 Å². The molecule has 0 atom stereocenters. The van der Waals surface area contributed by atoms with Crippen LogP contribution in [0.5, 0.6) is 0 Å². The lowest BCUT2D eigenvalue weighted by atomic mass is 10.0. The molecule has 0 aliphatic heterocycles. The number of amides is 2. The van der Waals surface area contributed by atoms with Crippen LogP contribution < -0.4 is 10.6 Å². The van der Waals surface area contributed by atoms with Crippen molar-refractivity contribution in [2.45, 2.75) is 64.3 Å². The fraction of sp³-hybridized carbons (Fsp3) is 0.550. The lowest BCUT2D eigenvalue weighted by Crippen LogP contribution is -2.44. The Bertz CT molecular complexity index is 671. The van der Waals surface area contributed by atoms with Gasteiger partial charge in [-0.05, 0) is 44.7 Å². The van der Waals surface area contributed by atoms with Gasteiger partial charge >= 0.3 is 0 Å². The first kappa shape index (κ1) is 17.6. The number of anilines is 1. The van der Waals surface area contributed by atoms with Crippen LogP contribution in [0.4, 0.5) is 5.69 Å². The van der Waals surface area contributed by atoms with E-state index < -0.39 is 5.41 Å². The number of rotatable bonds is 5. The summed E-state index contributed by atoms with van der Waals surface area (Å²) in [6.45, 7) is 1.49. The highest BCUT2D eigenvalue weighted by Gasteiger charge is 2.56. The largest absolute Gasteiger partial charge is 0.352 e. The van der Waals surface area contributed by atoms with Crippen LogP contribution in [0, 0.1) is 5.41 Å². The van der Waals surface area contributed by atoms with Crippen molar-refractivity contribution in [1.29, 1.82) is 0 Å². The zero-order valence-corrected chi connectivity index (χ0v) is 14.8. The molecule has 1 aromatic rings. The second-order valence-corrected chi connectivity index (χ2v) is 7.34. The van der Waals surface area contributed by atoms with Crippen LogP contribution in [0.1, 0.15) is 68.6 Å². The molecule has 25 heavy (non-hydrogen) atoms. The molecule has 3 rings (SSSR count). The van der Waals surface area contributed by atoms with E-state index in [1.165, 1.54) is 19.8 Å². The molecule has 2 saturated carbocycles. The smallest absolute Gasteiger partial charge is 0.240 e. The highest BCUT2D eigenvalue weighted by Crippen LogP contribution is 2.47. The quantitative estimate of drug-likeness (QED) is 0.489. The van der Waals surface area contributed by atoms with Crippen molar-refractivity contribution in [3.63, 3.8) is 0 Å². The number of carbonyl (C=O) groups excluding carboxylic acids is 3. The second kappa shape index (κ2) is 7.38. The van der Waals surface area contributed by atoms with Gasteiger partial charge in [0.25, 0.3) is 0 Å². The van der Waals surface area contributed by atoms with E-state index in [0.717, 1.165) is 25.7 Å². The summed E-state index contributed by atoms with van der Waals surface area (Å²) in [6.07, 6.45) is 7.92. The molecule has 1 aromatic carbocycles. The highest BCUT2D eigenvalue weighted by molar-refractivity contribution is 6.13. The molecule has 2 aliphatic carbocycles. The number of hydrogen-bond donors (Lipinski definition) is 2. The molecule has 134 valence electrons. The average Bonchev–Trinajstić information content (AvgIpc) is 3.41. The third-order valence-electron chi connectivity index (χ3n) is 5.34. The molecule has 5 heteroatoms. The Hall–Kier alpha value is -2.17. The van der Waals surface area contributed by atoms with Crippen LogP contribution in [0.2, 0.25) is 0 Å². The summed E-state index contributed by atoms with van der Waals surface area (Å²) >= 11 is 0. The van der Waals surface area contributed by atoms with Crippen LogP contribution in [0.15, 0.2) is 24.3 Å². The minimum absolute atomic E-state index is 0.0525. The Labute approximate surface area is 148 Å². The van der Waals surface area contributed by atoms with Crippen LogP contribution >= 0.6 is 0 Å². The van der Waals surface area contributed by atoms with Gasteiger partial charge < -0.3 is 10.6 Å². The first-order valence-corrected chi connectivity index (χ1v) is 9.25. The minimum Gasteiger partial charge on any atom is -0.352 e. The number of hydrogen-bond acceptors (Lipinski definition) is 3. The standard InChI is InChI=1S/C20H26N2O3/c1-14(23)15-7-6-10-17(13-15)22-19(25)20(11-12-20)18(24)21-16-8-4-2-3-5-9-16/h6-7,10,13,16H,2-5,8-9,11-12H2,1H3,(H,21,24)(H,22,25). The van der Waals surface area contributed by atoms with E-state index in [4.69, 9.17) is 0 Å². The average molecular weight is 342 g/mol.